The van der Waals surface area contributed by atoms with E-state index in [0.717, 1.165) is 47.2 Å². The molecule has 5 fully saturated rings. The van der Waals surface area contributed by atoms with Gasteiger partial charge < -0.3 is 4.74 Å². The quantitative estimate of drug-likeness (QED) is 0.309. The minimum atomic E-state index is -4.19. The van der Waals surface area contributed by atoms with Crippen molar-refractivity contribution in [2.45, 2.75) is 81.5 Å². The van der Waals surface area contributed by atoms with E-state index in [9.17, 15) is 13.2 Å². The molecule has 4 aliphatic carbocycles. The molecule has 8 nitrogen and oxygen atoms in total. The number of hydrogen-bond acceptors (Lipinski definition) is 6. The Morgan fingerprint density at radius 2 is 1.88 bits per heavy atom. The van der Waals surface area contributed by atoms with Crippen LogP contribution in [-0.2, 0) is 17.2 Å². The van der Waals surface area contributed by atoms with E-state index in [1.807, 2.05) is 43.2 Å². The number of aromatic nitrogens is 7. The Morgan fingerprint density at radius 3 is 2.58 bits per heavy atom. The van der Waals surface area contributed by atoms with Crippen molar-refractivity contribution >= 4 is 11.0 Å². The van der Waals surface area contributed by atoms with Gasteiger partial charge >= 0.3 is 6.18 Å². The molecule has 208 valence electrons. The summed E-state index contributed by atoms with van der Waals surface area (Å²) in [6.07, 6.45) is 5.56. The first-order valence-corrected chi connectivity index (χ1v) is 14.1. The molecule has 11 heteroatoms. The van der Waals surface area contributed by atoms with E-state index in [4.69, 9.17) is 19.7 Å². The fourth-order valence-electron chi connectivity index (χ4n) is 7.23. The van der Waals surface area contributed by atoms with Gasteiger partial charge in [-0.05, 0) is 64.0 Å². The van der Waals surface area contributed by atoms with E-state index in [-0.39, 0.29) is 31.3 Å². The predicted molar refractivity (Wildman–Crippen MR) is 139 cm³/mol. The third-order valence-electron chi connectivity index (χ3n) is 9.58. The van der Waals surface area contributed by atoms with Gasteiger partial charge in [-0.2, -0.15) is 23.4 Å². The summed E-state index contributed by atoms with van der Waals surface area (Å²) >= 11 is 0. The van der Waals surface area contributed by atoms with E-state index in [1.165, 1.54) is 0 Å². The summed E-state index contributed by atoms with van der Waals surface area (Å²) in [7, 11) is 1.85. The van der Waals surface area contributed by atoms with Crippen LogP contribution in [0.15, 0.2) is 30.7 Å². The minimum Gasteiger partial charge on any atom is -0.373 e. The molecule has 4 saturated carbocycles. The first-order valence-electron chi connectivity index (χ1n) is 14.1. The third kappa shape index (κ3) is 3.59. The van der Waals surface area contributed by atoms with Gasteiger partial charge in [-0.3, -0.25) is 9.36 Å². The van der Waals surface area contributed by atoms with Gasteiger partial charge in [-0.15, -0.1) is 0 Å². The third-order valence-corrected chi connectivity index (χ3v) is 9.58. The van der Waals surface area contributed by atoms with Gasteiger partial charge in [0.1, 0.15) is 5.82 Å². The van der Waals surface area contributed by atoms with Crippen LogP contribution in [0.5, 0.6) is 0 Å². The Bertz CT molecular complexity index is 1630. The largest absolute Gasteiger partial charge is 0.394 e. The second kappa shape index (κ2) is 8.11. The molecule has 5 aliphatic rings. The fourth-order valence-corrected chi connectivity index (χ4v) is 7.23. The molecule has 0 N–H and O–H groups in total. The van der Waals surface area contributed by atoms with Gasteiger partial charge in [0.25, 0.3) is 0 Å². The molecule has 5 heterocycles. The lowest BCUT2D eigenvalue weighted by Crippen LogP contribution is -2.70. The lowest BCUT2D eigenvalue weighted by molar-refractivity contribution is -0.337. The van der Waals surface area contributed by atoms with Crippen LogP contribution >= 0.6 is 0 Å². The zero-order valence-electron chi connectivity index (χ0n) is 22.4. The van der Waals surface area contributed by atoms with Crippen molar-refractivity contribution in [3.05, 3.63) is 53.5 Å². The maximum absolute atomic E-state index is 13.8. The highest BCUT2D eigenvalue weighted by Crippen LogP contribution is 2.78. The van der Waals surface area contributed by atoms with Crippen molar-refractivity contribution in [2.75, 3.05) is 6.61 Å². The molecule has 2 atom stereocenters. The number of alkyl halides is 3. The molecule has 4 aromatic heterocycles. The number of fused-ring (bicyclic) bond motifs is 1. The van der Waals surface area contributed by atoms with Gasteiger partial charge in [0.05, 0.1) is 35.1 Å². The van der Waals surface area contributed by atoms with Crippen LogP contribution in [0, 0.1) is 12.3 Å². The molecule has 0 radical (unpaired) electrons. The first-order chi connectivity index (χ1) is 19.1. The molecular weight excluding hydrogens is 519 g/mol. The zero-order chi connectivity index (χ0) is 27.4. The van der Waals surface area contributed by atoms with Crippen molar-refractivity contribution < 1.29 is 17.9 Å². The summed E-state index contributed by atoms with van der Waals surface area (Å²) in [5.74, 6) is 0.682. The summed E-state index contributed by atoms with van der Waals surface area (Å²) in [5, 5.41) is 9.80. The number of ether oxygens (including phenoxy) is 1. The maximum atomic E-state index is 13.8. The van der Waals surface area contributed by atoms with Gasteiger partial charge in [0.2, 0.25) is 0 Å². The van der Waals surface area contributed by atoms with Crippen molar-refractivity contribution in [1.82, 2.24) is 34.5 Å². The molecule has 9 rings (SSSR count). The van der Waals surface area contributed by atoms with Gasteiger partial charge in [0.15, 0.2) is 5.65 Å². The zero-order valence-corrected chi connectivity index (χ0v) is 22.4. The van der Waals surface area contributed by atoms with Crippen LogP contribution in [0.4, 0.5) is 13.2 Å². The fraction of sp³-hybridized carbons (Fsp3) is 0.552. The lowest BCUT2D eigenvalue weighted by atomic mass is 9.33. The van der Waals surface area contributed by atoms with Crippen LogP contribution < -0.4 is 0 Å². The monoisotopic (exact) mass is 549 g/mol. The van der Waals surface area contributed by atoms with Crippen LogP contribution in [0.3, 0.4) is 0 Å². The van der Waals surface area contributed by atoms with Gasteiger partial charge in [-0.1, -0.05) is 0 Å². The molecule has 4 aromatic rings. The van der Waals surface area contributed by atoms with Gasteiger partial charge in [-0.25, -0.2) is 15.0 Å². The number of hydrogen-bond donors (Lipinski definition) is 0. The van der Waals surface area contributed by atoms with Crippen LogP contribution in [-0.4, -0.2) is 47.3 Å². The molecule has 1 aliphatic heterocycles. The molecule has 0 aromatic carbocycles. The number of rotatable bonds is 5. The second-order valence-corrected chi connectivity index (χ2v) is 12.5. The standard InChI is InChI=1S/C29H30F3N7O/c1-16-20(22-5-7-38(2)37-22)10-21-24(27-13-28(14-27,15-27)29(30,31)32)35-25(36-26(21)34-16)17-6-8-40-23(9-17)18-11-33-39(12-18)19-3-4-19/h5,7,10-12,17,19,23H,3-4,6,8-9,13-15H2,1-2H3/t17-,23+,27?,28?/m0/s1. The highest BCUT2D eigenvalue weighted by Gasteiger charge is 2.79. The molecule has 0 amide bonds. The Balaban J connectivity index is 1.19. The van der Waals surface area contributed by atoms with Crippen LogP contribution in [0.2, 0.25) is 0 Å². The van der Waals surface area contributed by atoms with Crippen LogP contribution in [0.25, 0.3) is 22.3 Å². The number of nitrogens with zero attached hydrogens (tertiary/aromatic N) is 7. The van der Waals surface area contributed by atoms with Crippen molar-refractivity contribution in [3.8, 4) is 11.3 Å². The summed E-state index contributed by atoms with van der Waals surface area (Å²) in [6, 6.07) is 4.40. The number of pyridine rings is 1. The SMILES string of the molecule is Cc1nc2nc([C@H]3CCO[C@@H](c4cnn(C5CC5)c4)C3)nc(C34CC(C(F)(F)F)(C3)C4)c2cc1-c1ccn(C)n1. The smallest absolute Gasteiger partial charge is 0.373 e. The Morgan fingerprint density at radius 1 is 1.07 bits per heavy atom. The topological polar surface area (TPSA) is 83.5 Å². The lowest BCUT2D eigenvalue weighted by Gasteiger charge is -2.70. The molecule has 0 spiro atoms. The van der Waals surface area contributed by atoms with Gasteiger partial charge in [0, 0.05) is 59.6 Å². The number of aryl methyl sites for hydroxylation is 2. The first kappa shape index (κ1) is 24.5. The van der Waals surface area contributed by atoms with Crippen LogP contribution in [0.1, 0.15) is 85.8 Å². The summed E-state index contributed by atoms with van der Waals surface area (Å²) in [4.78, 5) is 14.9. The Labute approximate surface area is 229 Å². The van der Waals surface area contributed by atoms with Crippen molar-refractivity contribution in [1.29, 1.82) is 0 Å². The van der Waals surface area contributed by atoms with E-state index < -0.39 is 17.0 Å². The van der Waals surface area contributed by atoms with Crippen molar-refractivity contribution in [2.24, 2.45) is 12.5 Å². The Hall–Kier alpha value is -3.34. The predicted octanol–water partition coefficient (Wildman–Crippen LogP) is 5.88. The molecular formula is C29H30F3N7O. The molecule has 2 bridgehead atoms. The molecule has 40 heavy (non-hydrogen) atoms. The number of halogens is 3. The molecule has 0 unspecified atom stereocenters. The van der Waals surface area contributed by atoms with E-state index >= 15 is 0 Å². The highest BCUT2D eigenvalue weighted by atomic mass is 19.4. The summed E-state index contributed by atoms with van der Waals surface area (Å²) in [6.45, 7) is 2.49. The second-order valence-electron chi connectivity index (χ2n) is 12.5. The normalized spacial score (nSPS) is 29.8. The average Bonchev–Trinajstić information content (AvgIpc) is 3.43. The maximum Gasteiger partial charge on any atom is 0.394 e. The minimum absolute atomic E-state index is 0.0210. The Kier molecular flexibility index (Phi) is 4.96. The van der Waals surface area contributed by atoms with E-state index in [1.54, 1.807) is 4.68 Å². The summed E-state index contributed by atoms with van der Waals surface area (Å²) < 4.78 is 51.3. The van der Waals surface area contributed by atoms with E-state index in [0.29, 0.717) is 36.2 Å². The summed E-state index contributed by atoms with van der Waals surface area (Å²) in [5.41, 5.74) is 2.56. The average molecular weight is 550 g/mol. The molecule has 1 saturated heterocycles. The van der Waals surface area contributed by atoms with E-state index in [2.05, 4.69) is 16.4 Å². The highest BCUT2D eigenvalue weighted by molar-refractivity contribution is 5.85. The van der Waals surface area contributed by atoms with Crippen molar-refractivity contribution in [3.63, 3.8) is 0 Å².